The lowest BCUT2D eigenvalue weighted by Crippen LogP contribution is -2.43. The minimum atomic E-state index is -2.86. The highest BCUT2D eigenvalue weighted by atomic mass is 35.5. The molecule has 0 saturated carbocycles. The van der Waals surface area contributed by atoms with E-state index in [0.717, 1.165) is 24.9 Å². The Morgan fingerprint density at radius 2 is 1.63 bits per heavy atom. The molecule has 114 valence electrons. The monoisotopic (exact) mass is 330 g/mol. The van der Waals surface area contributed by atoms with Gasteiger partial charge in [-0.2, -0.15) is 0 Å². The molecular formula is C12H24Cl2N2O2S. The molecule has 19 heavy (non-hydrogen) atoms. The Labute approximate surface area is 128 Å². The largest absolute Gasteiger partial charge is 0.316 e. The number of halogens is 2. The van der Waals surface area contributed by atoms with Gasteiger partial charge in [-0.25, -0.2) is 8.42 Å². The van der Waals surface area contributed by atoms with Gasteiger partial charge in [-0.05, 0) is 44.7 Å². The number of nitrogens with one attached hydrogen (secondary N) is 1. The van der Waals surface area contributed by atoms with E-state index in [9.17, 15) is 8.42 Å². The molecule has 0 aliphatic carbocycles. The van der Waals surface area contributed by atoms with Gasteiger partial charge in [-0.15, -0.1) is 24.8 Å². The minimum absolute atomic E-state index is 0. The molecule has 0 amide bonds. The quantitative estimate of drug-likeness (QED) is 0.836. The van der Waals surface area contributed by atoms with Gasteiger partial charge in [0.05, 0.1) is 5.75 Å². The van der Waals surface area contributed by atoms with E-state index in [1.807, 2.05) is 0 Å². The summed E-state index contributed by atoms with van der Waals surface area (Å²) >= 11 is 0. The van der Waals surface area contributed by atoms with E-state index in [0.29, 0.717) is 17.8 Å². The van der Waals surface area contributed by atoms with Crippen LogP contribution in [0.5, 0.6) is 0 Å². The molecule has 3 aliphatic heterocycles. The van der Waals surface area contributed by atoms with E-state index in [1.165, 1.54) is 19.1 Å². The molecule has 3 rings (SSSR count). The second-order valence-corrected chi connectivity index (χ2v) is 8.27. The molecule has 3 saturated heterocycles. The van der Waals surface area contributed by atoms with Crippen molar-refractivity contribution in [3.8, 4) is 0 Å². The summed E-state index contributed by atoms with van der Waals surface area (Å²) in [5.41, 5.74) is 0. The first kappa shape index (κ1) is 17.5. The van der Waals surface area contributed by atoms with Crippen molar-refractivity contribution in [3.05, 3.63) is 0 Å². The van der Waals surface area contributed by atoms with Gasteiger partial charge in [0.2, 0.25) is 0 Å². The van der Waals surface area contributed by atoms with Crippen molar-refractivity contribution < 1.29 is 8.42 Å². The number of sulfone groups is 1. The molecule has 0 aromatic carbocycles. The van der Waals surface area contributed by atoms with Gasteiger partial charge >= 0.3 is 0 Å². The summed E-state index contributed by atoms with van der Waals surface area (Å²) < 4.78 is 22.9. The molecular weight excluding hydrogens is 307 g/mol. The van der Waals surface area contributed by atoms with E-state index in [1.54, 1.807) is 0 Å². The molecule has 0 radical (unpaired) electrons. The van der Waals surface area contributed by atoms with E-state index in [4.69, 9.17) is 0 Å². The predicted molar refractivity (Wildman–Crippen MR) is 82.2 cm³/mol. The maximum Gasteiger partial charge on any atom is 0.148 e. The Hall–Kier alpha value is 0.450. The molecule has 0 aromatic rings. The zero-order valence-corrected chi connectivity index (χ0v) is 13.9. The summed E-state index contributed by atoms with van der Waals surface area (Å²) in [6.07, 6.45) is 3.88. The zero-order valence-electron chi connectivity index (χ0n) is 11.4. The first-order chi connectivity index (χ1) is 7.97. The summed E-state index contributed by atoms with van der Waals surface area (Å²) in [7, 11) is -2.86. The average Bonchev–Trinajstić information content (AvgIpc) is 2.86. The maximum absolute atomic E-state index is 11.4. The van der Waals surface area contributed by atoms with Crippen molar-refractivity contribution in [2.75, 3.05) is 25.1 Å². The van der Waals surface area contributed by atoms with Crippen molar-refractivity contribution in [1.29, 1.82) is 0 Å². The third-order valence-electron chi connectivity index (χ3n) is 4.88. The third kappa shape index (κ3) is 3.05. The summed E-state index contributed by atoms with van der Waals surface area (Å²) in [4.78, 5) is 2.53. The van der Waals surface area contributed by atoms with Crippen LogP contribution in [0, 0.1) is 11.8 Å². The lowest BCUT2D eigenvalue weighted by Gasteiger charge is -2.30. The number of rotatable bonds is 3. The molecule has 3 heterocycles. The van der Waals surface area contributed by atoms with Gasteiger partial charge in [0.15, 0.2) is 0 Å². The topological polar surface area (TPSA) is 49.4 Å². The summed E-state index contributed by atoms with van der Waals surface area (Å²) in [5, 5.41) is 3.49. The lowest BCUT2D eigenvalue weighted by molar-refractivity contribution is 0.181. The lowest BCUT2D eigenvalue weighted by atomic mass is 9.82. The summed E-state index contributed by atoms with van der Waals surface area (Å²) in [5.74, 6) is 1.86. The molecule has 0 aromatic heterocycles. The maximum atomic E-state index is 11.4. The second-order valence-electron chi connectivity index (χ2n) is 6.09. The van der Waals surface area contributed by atoms with Crippen molar-refractivity contribution in [3.63, 3.8) is 0 Å². The first-order valence-electron chi connectivity index (χ1n) is 6.63. The standard InChI is InChI=1S/C12H22N2O2S.2ClH/c1-8(7-17(2,15)16)14-11-3-4-12(14)10-6-13-5-9(10)11;;/h8-13H,3-7H2,1-2H3;2*1H/t8?,9-,10+,11-,12+;;. The van der Waals surface area contributed by atoms with E-state index < -0.39 is 9.84 Å². The zero-order chi connectivity index (χ0) is 12.2. The molecule has 7 heteroatoms. The molecule has 5 atom stereocenters. The van der Waals surface area contributed by atoms with Crippen LogP contribution in [0.3, 0.4) is 0 Å². The fourth-order valence-corrected chi connectivity index (χ4v) is 5.54. The Morgan fingerprint density at radius 1 is 1.16 bits per heavy atom. The van der Waals surface area contributed by atoms with Gasteiger partial charge in [0.1, 0.15) is 9.84 Å². The number of fused-ring (bicyclic) bond motifs is 5. The number of hydrogen-bond donors (Lipinski definition) is 1. The van der Waals surface area contributed by atoms with E-state index in [-0.39, 0.29) is 30.9 Å². The van der Waals surface area contributed by atoms with Gasteiger partial charge in [-0.1, -0.05) is 0 Å². The van der Waals surface area contributed by atoms with Crippen LogP contribution in [-0.2, 0) is 9.84 Å². The minimum Gasteiger partial charge on any atom is -0.316 e. The van der Waals surface area contributed by atoms with Gasteiger partial charge < -0.3 is 5.32 Å². The highest BCUT2D eigenvalue weighted by Gasteiger charge is 2.55. The molecule has 4 nitrogen and oxygen atoms in total. The molecule has 1 N–H and O–H groups in total. The number of hydrogen-bond acceptors (Lipinski definition) is 4. The predicted octanol–water partition coefficient (Wildman–Crippen LogP) is 0.945. The smallest absolute Gasteiger partial charge is 0.148 e. The normalized spacial score (nSPS) is 38.4. The van der Waals surface area contributed by atoms with E-state index >= 15 is 0 Å². The van der Waals surface area contributed by atoms with Crippen LogP contribution in [0.1, 0.15) is 19.8 Å². The number of nitrogens with zero attached hydrogens (tertiary/aromatic N) is 1. The summed E-state index contributed by atoms with van der Waals surface area (Å²) in [6, 6.07) is 1.46. The van der Waals surface area contributed by atoms with Crippen LogP contribution in [-0.4, -0.2) is 56.5 Å². The summed E-state index contributed by atoms with van der Waals surface area (Å²) in [6.45, 7) is 4.35. The van der Waals surface area contributed by atoms with Crippen molar-refractivity contribution in [2.24, 2.45) is 11.8 Å². The highest BCUT2D eigenvalue weighted by molar-refractivity contribution is 7.90. The molecule has 3 aliphatic rings. The second kappa shape index (κ2) is 6.06. The van der Waals surface area contributed by atoms with Gasteiger partial charge in [-0.3, -0.25) is 4.90 Å². The molecule has 0 spiro atoms. The van der Waals surface area contributed by atoms with Gasteiger partial charge in [0.25, 0.3) is 0 Å². The van der Waals surface area contributed by atoms with E-state index in [2.05, 4.69) is 17.1 Å². The first-order valence-corrected chi connectivity index (χ1v) is 8.69. The van der Waals surface area contributed by atoms with Crippen LogP contribution in [0.2, 0.25) is 0 Å². The average molecular weight is 331 g/mol. The van der Waals surface area contributed by atoms with Crippen LogP contribution < -0.4 is 5.32 Å². The Morgan fingerprint density at radius 3 is 2.05 bits per heavy atom. The highest BCUT2D eigenvalue weighted by Crippen LogP contribution is 2.48. The van der Waals surface area contributed by atoms with Crippen molar-refractivity contribution in [1.82, 2.24) is 10.2 Å². The fraction of sp³-hybridized carbons (Fsp3) is 1.00. The Bertz CT molecular complexity index is 400. The molecule has 3 fully saturated rings. The van der Waals surface area contributed by atoms with Crippen LogP contribution >= 0.6 is 24.8 Å². The SMILES string of the molecule is CC(CS(C)(=O)=O)N1[C@@H]2CC[C@H]1[C@H]1CNC[C@H]12.Cl.Cl. The molecule has 2 bridgehead atoms. The Kier molecular flexibility index (Phi) is 5.58. The molecule has 1 unspecified atom stereocenters. The van der Waals surface area contributed by atoms with Crippen molar-refractivity contribution >= 4 is 34.7 Å². The third-order valence-corrected chi connectivity index (χ3v) is 5.96. The van der Waals surface area contributed by atoms with Gasteiger partial charge in [0, 0.05) is 24.4 Å². The van der Waals surface area contributed by atoms with Crippen LogP contribution in [0.25, 0.3) is 0 Å². The van der Waals surface area contributed by atoms with Crippen molar-refractivity contribution in [2.45, 2.75) is 37.9 Å². The van der Waals surface area contributed by atoms with Crippen LogP contribution in [0.4, 0.5) is 0 Å². The van der Waals surface area contributed by atoms with Crippen LogP contribution in [0.15, 0.2) is 0 Å². The Balaban J connectivity index is 0.000000902. The fourth-order valence-electron chi connectivity index (χ4n) is 4.50.